The molecule has 0 bridgehead atoms. The van der Waals surface area contributed by atoms with Gasteiger partial charge >= 0.3 is 5.91 Å². The molecule has 194 valence electrons. The van der Waals surface area contributed by atoms with Gasteiger partial charge in [0, 0.05) is 5.39 Å². The second-order valence-corrected chi connectivity index (χ2v) is 12.9. The smallest absolute Gasteiger partial charge is 0.319 e. The van der Waals surface area contributed by atoms with Crippen molar-refractivity contribution in [2.45, 2.75) is 65.8 Å². The standard InChI is InChI=1S/C29H40N4O3/c1-18-11-12-23-20(13-18)25(31-30-24(34)17-33(8,9)10)27(36)32(23)16-19-14-21(28(2,3)4)26(35)22(15-19)29(5,6)7/h11-15H,16-17H2,1-10H3,(H-,30,34,35,36)/p+1. The Kier molecular flexibility index (Phi) is 7.12. The Hall–Kier alpha value is -3.19. The van der Waals surface area contributed by atoms with E-state index in [0.717, 1.165) is 33.2 Å². The number of carbonyl (C=O) groups excluding carboxylic acids is 1. The van der Waals surface area contributed by atoms with Gasteiger partial charge in [0.05, 0.1) is 33.2 Å². The van der Waals surface area contributed by atoms with Gasteiger partial charge in [-0.1, -0.05) is 53.2 Å². The number of hydrogen-bond donors (Lipinski definition) is 2. The molecule has 3 aromatic rings. The van der Waals surface area contributed by atoms with Crippen molar-refractivity contribution in [2.75, 3.05) is 27.7 Å². The van der Waals surface area contributed by atoms with Crippen molar-refractivity contribution < 1.29 is 19.5 Å². The summed E-state index contributed by atoms with van der Waals surface area (Å²) in [5.74, 6) is -0.0695. The number of aromatic hydroxyl groups is 2. The third-order valence-corrected chi connectivity index (χ3v) is 6.16. The molecule has 2 N–H and O–H groups in total. The van der Waals surface area contributed by atoms with Crippen LogP contribution < -0.4 is 0 Å². The second kappa shape index (κ2) is 9.36. The first-order valence-corrected chi connectivity index (χ1v) is 12.3. The average molecular weight is 494 g/mol. The largest absolute Gasteiger partial charge is 0.507 e. The Bertz CT molecular complexity index is 1290. The van der Waals surface area contributed by atoms with Gasteiger partial charge in [0.1, 0.15) is 5.75 Å². The van der Waals surface area contributed by atoms with E-state index in [0.29, 0.717) is 16.8 Å². The Balaban J connectivity index is 2.16. The van der Waals surface area contributed by atoms with Gasteiger partial charge in [-0.3, -0.25) is 4.79 Å². The molecule has 1 amide bonds. The minimum Gasteiger partial charge on any atom is -0.507 e. The average Bonchev–Trinajstić information content (AvgIpc) is 2.95. The number of likely N-dealkylation sites (N-methyl/N-ethyl adjacent to an activating group) is 1. The lowest BCUT2D eigenvalue weighted by molar-refractivity contribution is -0.862. The monoisotopic (exact) mass is 493 g/mol. The van der Waals surface area contributed by atoms with Crippen LogP contribution in [0.5, 0.6) is 11.6 Å². The molecule has 0 aliphatic carbocycles. The van der Waals surface area contributed by atoms with Crippen LogP contribution >= 0.6 is 0 Å². The molecule has 2 aromatic carbocycles. The van der Waals surface area contributed by atoms with E-state index in [9.17, 15) is 15.0 Å². The molecule has 0 aliphatic rings. The summed E-state index contributed by atoms with van der Waals surface area (Å²) in [4.78, 5) is 12.4. The number of aromatic nitrogens is 1. The Morgan fingerprint density at radius 3 is 2.00 bits per heavy atom. The van der Waals surface area contributed by atoms with Crippen LogP contribution in [0.4, 0.5) is 5.69 Å². The van der Waals surface area contributed by atoms with Gasteiger partial charge in [0.2, 0.25) is 5.88 Å². The van der Waals surface area contributed by atoms with Gasteiger partial charge in [0.25, 0.3) is 0 Å². The molecule has 0 saturated carbocycles. The van der Waals surface area contributed by atoms with Crippen LogP contribution in [0.15, 0.2) is 40.6 Å². The molecule has 7 nitrogen and oxygen atoms in total. The quantitative estimate of drug-likeness (QED) is 0.322. The van der Waals surface area contributed by atoms with E-state index in [1.165, 1.54) is 0 Å². The number of fused-ring (bicyclic) bond motifs is 1. The van der Waals surface area contributed by atoms with Crippen molar-refractivity contribution in [3.8, 4) is 11.6 Å². The molecule has 0 atom stereocenters. The van der Waals surface area contributed by atoms with E-state index in [4.69, 9.17) is 0 Å². The maximum atomic E-state index is 12.4. The number of aryl methyl sites for hydroxylation is 1. The molecule has 0 fully saturated rings. The predicted molar refractivity (Wildman–Crippen MR) is 145 cm³/mol. The van der Waals surface area contributed by atoms with Gasteiger partial charge in [-0.15, -0.1) is 10.2 Å². The van der Waals surface area contributed by atoms with Gasteiger partial charge in [0.15, 0.2) is 12.2 Å². The highest BCUT2D eigenvalue weighted by atomic mass is 16.3. The fourth-order valence-corrected chi connectivity index (χ4v) is 4.35. The fourth-order valence-electron chi connectivity index (χ4n) is 4.35. The molecular weight excluding hydrogens is 452 g/mol. The summed E-state index contributed by atoms with van der Waals surface area (Å²) in [7, 11) is 5.74. The van der Waals surface area contributed by atoms with Gasteiger partial charge < -0.3 is 19.3 Å². The topological polar surface area (TPSA) is 87.2 Å². The zero-order valence-corrected chi connectivity index (χ0v) is 23.4. The lowest BCUT2D eigenvalue weighted by atomic mass is 9.78. The van der Waals surface area contributed by atoms with E-state index in [1.807, 2.05) is 58.4 Å². The van der Waals surface area contributed by atoms with E-state index < -0.39 is 0 Å². The number of quaternary nitrogens is 1. The normalized spacial score (nSPS) is 13.2. The molecular formula is C29H41N4O3+. The van der Waals surface area contributed by atoms with Crippen molar-refractivity contribution in [1.29, 1.82) is 0 Å². The van der Waals surface area contributed by atoms with Gasteiger partial charge in [-0.05, 0) is 58.7 Å². The first-order chi connectivity index (χ1) is 16.4. The van der Waals surface area contributed by atoms with Crippen LogP contribution in [0.1, 0.15) is 63.8 Å². The van der Waals surface area contributed by atoms with Crippen molar-refractivity contribution in [3.05, 3.63) is 52.6 Å². The van der Waals surface area contributed by atoms with Crippen molar-refractivity contribution in [3.63, 3.8) is 0 Å². The highest BCUT2D eigenvalue weighted by molar-refractivity contribution is 5.96. The molecule has 1 heterocycles. The second-order valence-electron chi connectivity index (χ2n) is 12.9. The fraction of sp³-hybridized carbons (Fsp3) is 0.483. The summed E-state index contributed by atoms with van der Waals surface area (Å²) in [6.07, 6.45) is 0. The molecule has 0 spiro atoms. The van der Waals surface area contributed by atoms with Crippen LogP contribution in [-0.2, 0) is 22.2 Å². The number of phenols is 1. The Morgan fingerprint density at radius 1 is 0.944 bits per heavy atom. The van der Waals surface area contributed by atoms with E-state index >= 15 is 0 Å². The van der Waals surface area contributed by atoms with E-state index in [-0.39, 0.29) is 34.8 Å². The zero-order valence-electron chi connectivity index (χ0n) is 23.4. The van der Waals surface area contributed by atoms with Crippen molar-refractivity contribution in [1.82, 2.24) is 4.57 Å². The molecule has 0 radical (unpaired) electrons. The van der Waals surface area contributed by atoms with Crippen LogP contribution in [0.3, 0.4) is 0 Å². The summed E-state index contributed by atoms with van der Waals surface area (Å²) in [5.41, 5.74) is 4.27. The third-order valence-electron chi connectivity index (χ3n) is 6.16. The van der Waals surface area contributed by atoms with Crippen LogP contribution in [0, 0.1) is 6.92 Å². The number of rotatable bonds is 5. The minimum atomic E-state index is -0.348. The highest BCUT2D eigenvalue weighted by Crippen LogP contribution is 2.42. The number of nitrogens with zero attached hydrogens (tertiary/aromatic N) is 4. The molecule has 36 heavy (non-hydrogen) atoms. The third kappa shape index (κ3) is 5.95. The van der Waals surface area contributed by atoms with Crippen LogP contribution in [-0.4, -0.2) is 52.9 Å². The Labute approximate surface area is 214 Å². The number of carbonyl (C=O) groups is 1. The highest BCUT2D eigenvalue weighted by Gasteiger charge is 2.27. The summed E-state index contributed by atoms with van der Waals surface area (Å²) >= 11 is 0. The molecule has 0 unspecified atom stereocenters. The Morgan fingerprint density at radius 2 is 1.50 bits per heavy atom. The summed E-state index contributed by atoms with van der Waals surface area (Å²) < 4.78 is 2.23. The molecule has 1 aromatic heterocycles. The summed E-state index contributed by atoms with van der Waals surface area (Å²) in [6.45, 7) is 15.0. The van der Waals surface area contributed by atoms with E-state index in [2.05, 4.69) is 51.8 Å². The first-order valence-electron chi connectivity index (χ1n) is 12.3. The van der Waals surface area contributed by atoms with Gasteiger partial charge in [-0.2, -0.15) is 0 Å². The van der Waals surface area contributed by atoms with Crippen molar-refractivity contribution >= 4 is 22.5 Å². The number of hydrogen-bond acceptors (Lipinski definition) is 4. The predicted octanol–water partition coefficient (Wildman–Crippen LogP) is 6.32. The molecule has 0 aliphatic heterocycles. The summed E-state index contributed by atoms with van der Waals surface area (Å²) in [5, 5.41) is 31.2. The minimum absolute atomic E-state index is 0.0416. The van der Waals surface area contributed by atoms with Crippen LogP contribution in [0.25, 0.3) is 10.9 Å². The SMILES string of the molecule is Cc1ccc2c(c1)c(N=NC(=O)C[N+](C)(C)C)c(O)n2Cc1cc(C(C)(C)C)c(O)c(C(C)(C)C)c1. The number of amides is 1. The maximum Gasteiger partial charge on any atom is 0.319 e. The molecule has 7 heteroatoms. The van der Waals surface area contributed by atoms with E-state index in [1.54, 1.807) is 4.57 Å². The first kappa shape index (κ1) is 27.4. The number of benzene rings is 2. The lowest BCUT2D eigenvalue weighted by Crippen LogP contribution is -2.38. The van der Waals surface area contributed by atoms with Crippen molar-refractivity contribution in [2.24, 2.45) is 10.2 Å². The maximum absolute atomic E-state index is 12.4. The molecule has 3 rings (SSSR count). The summed E-state index contributed by atoms with van der Waals surface area (Å²) in [6, 6.07) is 9.90. The number of phenolic OH excluding ortho intramolecular Hbond substituents is 1. The number of azo groups is 1. The lowest BCUT2D eigenvalue weighted by Gasteiger charge is -2.28. The van der Waals surface area contributed by atoms with Crippen LogP contribution in [0.2, 0.25) is 0 Å². The molecule has 0 saturated heterocycles. The van der Waals surface area contributed by atoms with Gasteiger partial charge in [-0.25, -0.2) is 0 Å². The zero-order chi connectivity index (χ0) is 27.2.